The van der Waals surface area contributed by atoms with Crippen molar-refractivity contribution in [3.8, 4) is 0 Å². The molecule has 0 saturated heterocycles. The van der Waals surface area contributed by atoms with Crippen molar-refractivity contribution in [3.05, 3.63) is 35.4 Å². The number of carbonyl (C=O) groups excluding carboxylic acids is 1. The predicted octanol–water partition coefficient (Wildman–Crippen LogP) is 3.04. The van der Waals surface area contributed by atoms with Crippen molar-refractivity contribution in [2.24, 2.45) is 5.92 Å². The van der Waals surface area contributed by atoms with Crippen LogP contribution < -0.4 is 0 Å². The van der Waals surface area contributed by atoms with Gasteiger partial charge in [-0.1, -0.05) is 32.0 Å². The molecule has 0 saturated carbocycles. The molecule has 17 heavy (non-hydrogen) atoms. The molecule has 1 rings (SSSR count). The lowest BCUT2D eigenvalue weighted by molar-refractivity contribution is 0.0591. The van der Waals surface area contributed by atoms with Gasteiger partial charge in [0.15, 0.2) is 0 Å². The summed E-state index contributed by atoms with van der Waals surface area (Å²) in [5.41, 5.74) is 1.46. The van der Waals surface area contributed by atoms with Crippen LogP contribution in [0.3, 0.4) is 0 Å². The molecule has 0 aromatic heterocycles. The van der Waals surface area contributed by atoms with Crippen LogP contribution in [0.5, 0.6) is 0 Å². The average Bonchev–Trinajstić information content (AvgIpc) is 2.34. The molecule has 0 N–H and O–H groups in total. The third kappa shape index (κ3) is 4.57. The number of esters is 1. The Labute approximate surface area is 103 Å². The number of benzene rings is 1. The average molecular weight is 236 g/mol. The lowest BCUT2D eigenvalue weighted by atomic mass is 10.1. The lowest BCUT2D eigenvalue weighted by Gasteiger charge is -2.09. The molecule has 0 heterocycles. The first kappa shape index (κ1) is 13.7. The first-order chi connectivity index (χ1) is 8.15. The molecule has 0 spiro atoms. The van der Waals surface area contributed by atoms with E-state index in [-0.39, 0.29) is 5.97 Å². The fraction of sp³-hybridized carbons (Fsp3) is 0.500. The molecule has 0 aliphatic rings. The molecule has 0 aliphatic heterocycles. The largest absolute Gasteiger partial charge is 0.465 e. The van der Waals surface area contributed by atoms with Gasteiger partial charge in [0, 0.05) is 6.61 Å². The molecule has 1 aromatic rings. The van der Waals surface area contributed by atoms with Gasteiger partial charge >= 0.3 is 5.97 Å². The predicted molar refractivity (Wildman–Crippen MR) is 66.9 cm³/mol. The topological polar surface area (TPSA) is 35.5 Å². The van der Waals surface area contributed by atoms with E-state index in [0.29, 0.717) is 24.7 Å². The van der Waals surface area contributed by atoms with Crippen LogP contribution in [0.1, 0.15) is 36.2 Å². The zero-order chi connectivity index (χ0) is 12.7. The van der Waals surface area contributed by atoms with Crippen LogP contribution >= 0.6 is 0 Å². The van der Waals surface area contributed by atoms with Gasteiger partial charge in [0.2, 0.25) is 0 Å². The molecule has 0 aliphatic carbocycles. The zero-order valence-electron chi connectivity index (χ0n) is 10.7. The molecule has 0 bridgehead atoms. The molecule has 0 radical (unpaired) electrons. The Balaban J connectivity index is 2.55. The summed E-state index contributed by atoms with van der Waals surface area (Å²) in [4.78, 5) is 11.5. The second-order valence-corrected chi connectivity index (χ2v) is 4.38. The van der Waals surface area contributed by atoms with Crippen LogP contribution in [0.4, 0.5) is 0 Å². The van der Waals surface area contributed by atoms with Crippen molar-refractivity contribution >= 4 is 5.97 Å². The minimum atomic E-state index is -0.312. The smallest absolute Gasteiger partial charge is 0.338 e. The first-order valence-electron chi connectivity index (χ1n) is 5.89. The van der Waals surface area contributed by atoms with Gasteiger partial charge in [0.05, 0.1) is 19.3 Å². The van der Waals surface area contributed by atoms with Crippen LogP contribution in [0.25, 0.3) is 0 Å². The van der Waals surface area contributed by atoms with Crippen molar-refractivity contribution in [2.75, 3.05) is 13.7 Å². The maximum atomic E-state index is 11.5. The van der Waals surface area contributed by atoms with Gasteiger partial charge in [0.25, 0.3) is 0 Å². The number of ether oxygens (including phenoxy) is 2. The summed E-state index contributed by atoms with van der Waals surface area (Å²) in [6.45, 7) is 5.49. The maximum Gasteiger partial charge on any atom is 0.338 e. The summed E-state index contributed by atoms with van der Waals surface area (Å²) in [6.07, 6.45) is 1.03. The number of hydrogen-bond acceptors (Lipinski definition) is 3. The summed E-state index contributed by atoms with van der Waals surface area (Å²) in [5.74, 6) is 0.318. The van der Waals surface area contributed by atoms with Gasteiger partial charge in [-0.2, -0.15) is 0 Å². The summed E-state index contributed by atoms with van der Waals surface area (Å²) in [5, 5.41) is 0. The van der Waals surface area contributed by atoms with Gasteiger partial charge < -0.3 is 9.47 Å². The molecular formula is C14H20O3. The van der Waals surface area contributed by atoms with Crippen molar-refractivity contribution in [1.29, 1.82) is 0 Å². The normalized spacial score (nSPS) is 10.6. The summed E-state index contributed by atoms with van der Waals surface area (Å²) in [7, 11) is 1.39. The van der Waals surface area contributed by atoms with Gasteiger partial charge in [0.1, 0.15) is 0 Å². The third-order valence-corrected chi connectivity index (χ3v) is 2.52. The van der Waals surface area contributed by atoms with Gasteiger partial charge in [-0.3, -0.25) is 0 Å². The van der Waals surface area contributed by atoms with E-state index in [1.807, 2.05) is 18.2 Å². The van der Waals surface area contributed by atoms with Crippen molar-refractivity contribution in [2.45, 2.75) is 26.9 Å². The minimum absolute atomic E-state index is 0.312. The van der Waals surface area contributed by atoms with Gasteiger partial charge in [-0.05, 0) is 24.0 Å². The quantitative estimate of drug-likeness (QED) is 0.562. The Hall–Kier alpha value is -1.35. The lowest BCUT2D eigenvalue weighted by Crippen LogP contribution is -2.07. The Morgan fingerprint density at radius 1 is 1.29 bits per heavy atom. The molecule has 1 aromatic carbocycles. The van der Waals surface area contributed by atoms with E-state index in [1.54, 1.807) is 6.07 Å². The Morgan fingerprint density at radius 2 is 2.00 bits per heavy atom. The second-order valence-electron chi connectivity index (χ2n) is 4.38. The molecular weight excluding hydrogens is 216 g/mol. The van der Waals surface area contributed by atoms with Crippen molar-refractivity contribution in [3.63, 3.8) is 0 Å². The zero-order valence-corrected chi connectivity index (χ0v) is 10.7. The van der Waals surface area contributed by atoms with E-state index in [4.69, 9.17) is 9.47 Å². The summed E-state index contributed by atoms with van der Waals surface area (Å²) < 4.78 is 10.3. The molecule has 3 heteroatoms. The highest BCUT2D eigenvalue weighted by Crippen LogP contribution is 2.12. The highest BCUT2D eigenvalue weighted by molar-refractivity contribution is 5.90. The Morgan fingerprint density at radius 3 is 2.65 bits per heavy atom. The van der Waals surface area contributed by atoms with Gasteiger partial charge in [-0.15, -0.1) is 0 Å². The maximum absolute atomic E-state index is 11.5. The SMILES string of the molecule is COC(=O)c1ccccc1COCCC(C)C. The van der Waals surface area contributed by atoms with E-state index < -0.39 is 0 Å². The number of carbonyl (C=O) groups is 1. The number of methoxy groups -OCH3 is 1. The Kier molecular flexibility index (Phi) is 5.70. The minimum Gasteiger partial charge on any atom is -0.465 e. The van der Waals surface area contributed by atoms with E-state index in [0.717, 1.165) is 12.0 Å². The summed E-state index contributed by atoms with van der Waals surface area (Å²) in [6, 6.07) is 7.37. The van der Waals surface area contributed by atoms with Crippen molar-refractivity contribution < 1.29 is 14.3 Å². The van der Waals surface area contributed by atoms with E-state index >= 15 is 0 Å². The van der Waals surface area contributed by atoms with E-state index in [9.17, 15) is 4.79 Å². The third-order valence-electron chi connectivity index (χ3n) is 2.52. The Bertz CT molecular complexity index is 358. The van der Waals surface area contributed by atoms with Crippen LogP contribution in [0, 0.1) is 5.92 Å². The number of rotatable bonds is 6. The molecule has 0 atom stereocenters. The van der Waals surface area contributed by atoms with E-state index in [1.165, 1.54) is 7.11 Å². The monoisotopic (exact) mass is 236 g/mol. The molecule has 0 fully saturated rings. The van der Waals surface area contributed by atoms with Crippen LogP contribution in [0.2, 0.25) is 0 Å². The standard InChI is InChI=1S/C14H20O3/c1-11(2)8-9-17-10-12-6-4-5-7-13(12)14(15)16-3/h4-7,11H,8-10H2,1-3H3. The first-order valence-corrected chi connectivity index (χ1v) is 5.89. The fourth-order valence-electron chi connectivity index (χ4n) is 1.46. The van der Waals surface area contributed by atoms with Crippen LogP contribution in [-0.2, 0) is 16.1 Å². The molecule has 94 valence electrons. The fourth-order valence-corrected chi connectivity index (χ4v) is 1.46. The van der Waals surface area contributed by atoms with Crippen LogP contribution in [0.15, 0.2) is 24.3 Å². The molecule has 0 amide bonds. The molecule has 3 nitrogen and oxygen atoms in total. The second kappa shape index (κ2) is 7.07. The van der Waals surface area contributed by atoms with Crippen LogP contribution in [-0.4, -0.2) is 19.7 Å². The highest BCUT2D eigenvalue weighted by atomic mass is 16.5. The van der Waals surface area contributed by atoms with E-state index in [2.05, 4.69) is 13.8 Å². The van der Waals surface area contributed by atoms with Crippen molar-refractivity contribution in [1.82, 2.24) is 0 Å². The molecule has 0 unspecified atom stereocenters. The summed E-state index contributed by atoms with van der Waals surface area (Å²) >= 11 is 0. The highest BCUT2D eigenvalue weighted by Gasteiger charge is 2.10. The number of hydrogen-bond donors (Lipinski definition) is 0. The van der Waals surface area contributed by atoms with Gasteiger partial charge in [-0.25, -0.2) is 4.79 Å².